The van der Waals surface area contributed by atoms with Crippen molar-refractivity contribution in [2.75, 3.05) is 38.2 Å². The molecule has 0 radical (unpaired) electrons. The van der Waals surface area contributed by atoms with Gasteiger partial charge in [-0.2, -0.15) is 11.8 Å². The molecule has 0 spiro atoms. The number of thioether (sulfide) groups is 1. The van der Waals surface area contributed by atoms with E-state index in [0.717, 1.165) is 0 Å². The number of aliphatic hydroxyl groups excluding tert-OH is 2. The molecule has 0 aromatic heterocycles. The first-order valence-electron chi connectivity index (χ1n) is 14.2. The molecule has 18 heteroatoms. The lowest BCUT2D eigenvalue weighted by Gasteiger charge is -2.27. The van der Waals surface area contributed by atoms with E-state index in [2.05, 4.69) is 26.6 Å². The lowest BCUT2D eigenvalue weighted by atomic mass is 10.0. The second kappa shape index (κ2) is 19.0. The van der Waals surface area contributed by atoms with Crippen LogP contribution >= 0.6 is 11.8 Å². The van der Waals surface area contributed by atoms with E-state index in [4.69, 9.17) is 10.8 Å². The molecule has 0 saturated carbocycles. The molecule has 44 heavy (non-hydrogen) atoms. The zero-order valence-corrected chi connectivity index (χ0v) is 26.1. The summed E-state index contributed by atoms with van der Waals surface area (Å²) in [5, 5.41) is 40.0. The van der Waals surface area contributed by atoms with Crippen molar-refractivity contribution in [2.45, 2.75) is 76.3 Å². The Morgan fingerprint density at radius 2 is 1.57 bits per heavy atom. The van der Waals surface area contributed by atoms with Gasteiger partial charge < -0.3 is 52.5 Å². The Hall–Kier alpha value is -3.48. The molecule has 0 bridgehead atoms. The molecule has 17 nitrogen and oxygen atoms in total. The van der Waals surface area contributed by atoms with Crippen LogP contribution in [0.1, 0.15) is 40.0 Å². The van der Waals surface area contributed by atoms with E-state index in [0.29, 0.717) is 18.6 Å². The molecule has 6 atom stereocenters. The van der Waals surface area contributed by atoms with Crippen molar-refractivity contribution in [3.63, 3.8) is 0 Å². The van der Waals surface area contributed by atoms with Gasteiger partial charge in [0.1, 0.15) is 36.8 Å². The number of carboxylic acid groups (broad SMARTS) is 1. The standard InChI is InChI=1S/C26H45N7O10S/c1-13(2)21(25(42)29-11-19(37)38)32-23(40)16(12-34)31-22(39)15(7-9-44-4)30-18(36)10-28-24(41)17-6-5-8-33(17)26(43)20(27)14(3)35/h13-17,20-21,34-35H,5-12,27H2,1-4H3,(H,28,41)(H,29,42)(H,30,36)(H,31,39)(H,32,40)(H,37,38)/t14-,15+,16+,17+,20+,21+/m1/s1. The van der Waals surface area contributed by atoms with Gasteiger partial charge in [0.15, 0.2) is 0 Å². The van der Waals surface area contributed by atoms with Crippen molar-refractivity contribution in [3.05, 3.63) is 0 Å². The van der Waals surface area contributed by atoms with Gasteiger partial charge in [0, 0.05) is 6.54 Å². The third kappa shape index (κ3) is 12.3. The van der Waals surface area contributed by atoms with Crippen LogP contribution in [0.5, 0.6) is 0 Å². The maximum Gasteiger partial charge on any atom is 0.322 e. The highest BCUT2D eigenvalue weighted by Crippen LogP contribution is 2.19. The first-order valence-corrected chi connectivity index (χ1v) is 15.5. The fourth-order valence-corrected chi connectivity index (χ4v) is 4.74. The summed E-state index contributed by atoms with van der Waals surface area (Å²) in [6.07, 6.45) is 1.68. The minimum atomic E-state index is -1.50. The van der Waals surface area contributed by atoms with Gasteiger partial charge in [-0.05, 0) is 44.1 Å². The summed E-state index contributed by atoms with van der Waals surface area (Å²) in [5.74, 6) is -5.69. The van der Waals surface area contributed by atoms with Crippen molar-refractivity contribution in [1.29, 1.82) is 0 Å². The summed E-state index contributed by atoms with van der Waals surface area (Å²) < 4.78 is 0. The Balaban J connectivity index is 2.82. The molecule has 0 aliphatic carbocycles. The van der Waals surface area contributed by atoms with Crippen LogP contribution in [0, 0.1) is 5.92 Å². The number of hydrogen-bond donors (Lipinski definition) is 9. The van der Waals surface area contributed by atoms with Gasteiger partial charge in [0.05, 0.1) is 19.3 Å². The van der Waals surface area contributed by atoms with Crippen LogP contribution in [0.3, 0.4) is 0 Å². The molecule has 6 amide bonds. The highest BCUT2D eigenvalue weighted by atomic mass is 32.2. The number of carbonyl (C=O) groups is 7. The number of carbonyl (C=O) groups excluding carboxylic acids is 6. The van der Waals surface area contributed by atoms with E-state index >= 15 is 0 Å². The number of nitrogens with two attached hydrogens (primary N) is 1. The van der Waals surface area contributed by atoms with Crippen molar-refractivity contribution in [2.24, 2.45) is 11.7 Å². The smallest absolute Gasteiger partial charge is 0.322 e. The maximum atomic E-state index is 13.0. The van der Waals surface area contributed by atoms with Gasteiger partial charge in [-0.25, -0.2) is 0 Å². The van der Waals surface area contributed by atoms with Crippen molar-refractivity contribution < 1.29 is 48.9 Å². The van der Waals surface area contributed by atoms with Crippen molar-refractivity contribution >= 4 is 53.2 Å². The summed E-state index contributed by atoms with van der Waals surface area (Å²) in [7, 11) is 0. The predicted molar refractivity (Wildman–Crippen MR) is 159 cm³/mol. The van der Waals surface area contributed by atoms with Crippen LogP contribution in [0.25, 0.3) is 0 Å². The largest absolute Gasteiger partial charge is 0.480 e. The molecule has 1 saturated heterocycles. The molecular weight excluding hydrogens is 602 g/mol. The second-order valence-corrected chi connectivity index (χ2v) is 11.6. The summed E-state index contributed by atoms with van der Waals surface area (Å²) in [5.41, 5.74) is 5.73. The molecule has 0 aromatic carbocycles. The molecule has 1 fully saturated rings. The highest BCUT2D eigenvalue weighted by molar-refractivity contribution is 7.98. The van der Waals surface area contributed by atoms with Crippen LogP contribution in [0.15, 0.2) is 0 Å². The first-order chi connectivity index (χ1) is 20.6. The van der Waals surface area contributed by atoms with E-state index in [1.165, 1.54) is 23.6 Å². The molecule has 250 valence electrons. The highest BCUT2D eigenvalue weighted by Gasteiger charge is 2.37. The lowest BCUT2D eigenvalue weighted by molar-refractivity contribution is -0.141. The molecule has 0 aromatic rings. The molecular formula is C26H45N7O10S. The van der Waals surface area contributed by atoms with Crippen LogP contribution < -0.4 is 32.3 Å². The minimum absolute atomic E-state index is 0.140. The number of carboxylic acids is 1. The number of amides is 6. The Morgan fingerprint density at radius 1 is 0.932 bits per heavy atom. The van der Waals surface area contributed by atoms with Gasteiger partial charge in [-0.1, -0.05) is 13.8 Å². The van der Waals surface area contributed by atoms with Crippen molar-refractivity contribution in [3.8, 4) is 0 Å². The van der Waals surface area contributed by atoms with Crippen LogP contribution in [0.4, 0.5) is 0 Å². The summed E-state index contributed by atoms with van der Waals surface area (Å²) in [6.45, 7) is 2.83. The SMILES string of the molecule is CSCC[C@H](NC(=O)CNC(=O)[C@@H]1CCCN1C(=O)[C@@H](N)[C@@H](C)O)C(=O)N[C@@H](CO)C(=O)N[C@H](C(=O)NCC(=O)O)C(C)C. The third-order valence-electron chi connectivity index (χ3n) is 6.81. The van der Waals surface area contributed by atoms with Crippen LogP contribution in [-0.2, 0) is 33.6 Å². The van der Waals surface area contributed by atoms with E-state index in [1.54, 1.807) is 20.1 Å². The van der Waals surface area contributed by atoms with Gasteiger partial charge in [-0.3, -0.25) is 33.6 Å². The van der Waals surface area contributed by atoms with E-state index in [1.807, 2.05) is 0 Å². The Labute approximate surface area is 259 Å². The average Bonchev–Trinajstić information content (AvgIpc) is 3.47. The number of hydrogen-bond acceptors (Lipinski definition) is 11. The Morgan fingerprint density at radius 3 is 2.11 bits per heavy atom. The summed E-state index contributed by atoms with van der Waals surface area (Å²) in [6, 6.07) is -5.87. The molecule has 1 heterocycles. The number of aliphatic carboxylic acids is 1. The fraction of sp³-hybridized carbons (Fsp3) is 0.731. The number of likely N-dealkylation sites (tertiary alicyclic amines) is 1. The van der Waals surface area contributed by atoms with Crippen LogP contribution in [0.2, 0.25) is 0 Å². The lowest BCUT2D eigenvalue weighted by Crippen LogP contribution is -2.59. The van der Waals surface area contributed by atoms with Crippen LogP contribution in [-0.4, -0.2) is 136 Å². The molecule has 1 aliphatic heterocycles. The van der Waals surface area contributed by atoms with Gasteiger partial charge >= 0.3 is 5.97 Å². The first kappa shape index (κ1) is 38.5. The zero-order valence-electron chi connectivity index (χ0n) is 25.3. The number of nitrogens with zero attached hydrogens (tertiary/aromatic N) is 1. The Bertz CT molecular complexity index is 1040. The molecule has 10 N–H and O–H groups in total. The zero-order chi connectivity index (χ0) is 33.6. The summed E-state index contributed by atoms with van der Waals surface area (Å²) >= 11 is 1.39. The molecule has 1 aliphatic rings. The minimum Gasteiger partial charge on any atom is -0.480 e. The van der Waals surface area contributed by atoms with E-state index in [9.17, 15) is 43.8 Å². The van der Waals surface area contributed by atoms with Gasteiger partial charge in [0.2, 0.25) is 35.4 Å². The monoisotopic (exact) mass is 647 g/mol. The predicted octanol–water partition coefficient (Wildman–Crippen LogP) is -4.14. The Kier molecular flexibility index (Phi) is 16.7. The van der Waals surface area contributed by atoms with Crippen molar-refractivity contribution in [1.82, 2.24) is 31.5 Å². The van der Waals surface area contributed by atoms with Gasteiger partial charge in [0.25, 0.3) is 0 Å². The number of nitrogens with one attached hydrogen (secondary N) is 5. The number of rotatable bonds is 18. The quantitative estimate of drug-likeness (QED) is 0.0686. The topological polar surface area (TPSA) is 270 Å². The average molecular weight is 648 g/mol. The fourth-order valence-electron chi connectivity index (χ4n) is 4.26. The summed E-state index contributed by atoms with van der Waals surface area (Å²) in [4.78, 5) is 88.2. The van der Waals surface area contributed by atoms with E-state index in [-0.39, 0.29) is 13.0 Å². The van der Waals surface area contributed by atoms with E-state index < -0.39 is 103 Å². The van der Waals surface area contributed by atoms with Gasteiger partial charge in [-0.15, -0.1) is 0 Å². The third-order valence-corrected chi connectivity index (χ3v) is 7.45. The maximum absolute atomic E-state index is 13.0. The molecule has 0 unspecified atom stereocenters. The number of aliphatic hydroxyl groups is 2. The molecule has 1 rings (SSSR count). The normalized spacial score (nSPS) is 17.9. The second-order valence-electron chi connectivity index (χ2n) is 10.7.